The van der Waals surface area contributed by atoms with Crippen molar-refractivity contribution in [3.8, 4) is 0 Å². The molecule has 3 heteroatoms. The van der Waals surface area contributed by atoms with Crippen LogP contribution in [-0.4, -0.2) is 23.3 Å². The molecular weight excluding hydrogens is 408 g/mol. The second kappa shape index (κ2) is 6.29. The monoisotopic (exact) mass is 454 g/mol. The summed E-state index contributed by atoms with van der Waals surface area (Å²) in [7, 11) is 0. The molecule has 5 aliphatic carbocycles. The SMILES string of the molecule is CC12C[C@@H]3C4=CC[C@@H]5[C@@]6(C)CC[C@H](O)C(C)(C)C6CC[C@@]5(C)[C@]4(C)CC[C@@]3(C)[C@@H](C1)OC2=O. The lowest BCUT2D eigenvalue weighted by Gasteiger charge is -2.71. The summed E-state index contributed by atoms with van der Waals surface area (Å²) in [6.07, 6.45) is 12.6. The summed E-state index contributed by atoms with van der Waals surface area (Å²) in [4.78, 5) is 12.8. The highest BCUT2D eigenvalue weighted by Gasteiger charge is 2.70. The minimum atomic E-state index is -0.293. The van der Waals surface area contributed by atoms with Crippen molar-refractivity contribution in [1.82, 2.24) is 0 Å². The second-order valence-corrected chi connectivity index (χ2v) is 15.1. The maximum atomic E-state index is 12.8. The first-order valence-corrected chi connectivity index (χ1v) is 13.8. The van der Waals surface area contributed by atoms with Crippen LogP contribution in [0.15, 0.2) is 11.6 Å². The van der Waals surface area contributed by atoms with Gasteiger partial charge in [-0.1, -0.05) is 53.2 Å². The summed E-state index contributed by atoms with van der Waals surface area (Å²) in [5.41, 5.74) is 2.25. The van der Waals surface area contributed by atoms with Crippen molar-refractivity contribution < 1.29 is 14.6 Å². The van der Waals surface area contributed by atoms with E-state index >= 15 is 0 Å². The standard InChI is InChI=1S/C30H46O3/c1-25(2)20-10-13-30(7)21(28(20,5)12-11-22(25)31)9-8-18-19-16-26(3)17-23(33-24(26)32)27(19,4)14-15-29(18,30)6/h8,19-23,31H,9-17H2,1-7H3/t19-,20?,21-,22+,23-,26?,27-,28+,29-,30-/m1/s1. The smallest absolute Gasteiger partial charge is 0.312 e. The lowest BCUT2D eigenvalue weighted by molar-refractivity contribution is -0.204. The number of rotatable bonds is 0. The van der Waals surface area contributed by atoms with Crippen molar-refractivity contribution >= 4 is 5.97 Å². The van der Waals surface area contributed by atoms with Crippen molar-refractivity contribution in [3.63, 3.8) is 0 Å². The van der Waals surface area contributed by atoms with Gasteiger partial charge < -0.3 is 9.84 Å². The Morgan fingerprint density at radius 1 is 0.879 bits per heavy atom. The number of carbonyl (C=O) groups excluding carboxylic acids is 1. The molecule has 1 N–H and O–H groups in total. The van der Waals surface area contributed by atoms with Gasteiger partial charge in [-0.15, -0.1) is 0 Å². The molecule has 0 amide bonds. The minimum absolute atomic E-state index is 0.000773. The van der Waals surface area contributed by atoms with Crippen LogP contribution < -0.4 is 0 Å². The Bertz CT molecular complexity index is 935. The first kappa shape index (κ1) is 22.6. The largest absolute Gasteiger partial charge is 0.461 e. The minimum Gasteiger partial charge on any atom is -0.461 e. The molecule has 3 nitrogen and oxygen atoms in total. The van der Waals surface area contributed by atoms with Gasteiger partial charge in [-0.3, -0.25) is 4.79 Å². The van der Waals surface area contributed by atoms with Gasteiger partial charge >= 0.3 is 5.97 Å². The number of aliphatic hydroxyl groups is 1. The average molecular weight is 455 g/mol. The Morgan fingerprint density at radius 2 is 1.61 bits per heavy atom. The van der Waals surface area contributed by atoms with Gasteiger partial charge in [-0.25, -0.2) is 0 Å². The highest BCUT2D eigenvalue weighted by Crippen LogP contribution is 2.76. The third kappa shape index (κ3) is 2.44. The van der Waals surface area contributed by atoms with Crippen LogP contribution in [0, 0.1) is 50.2 Å². The van der Waals surface area contributed by atoms with Gasteiger partial charge in [-0.2, -0.15) is 0 Å². The molecule has 10 atom stereocenters. The van der Waals surface area contributed by atoms with Crippen LogP contribution in [0.25, 0.3) is 0 Å². The summed E-state index contributed by atoms with van der Waals surface area (Å²) in [5, 5.41) is 10.9. The lowest BCUT2D eigenvalue weighted by atomic mass is 9.33. The molecule has 0 spiro atoms. The quantitative estimate of drug-likeness (QED) is 0.328. The number of esters is 1. The molecule has 0 aromatic rings. The molecule has 4 saturated carbocycles. The molecule has 2 bridgehead atoms. The van der Waals surface area contributed by atoms with Gasteiger partial charge in [0.25, 0.3) is 0 Å². The van der Waals surface area contributed by atoms with E-state index in [0.29, 0.717) is 17.8 Å². The molecule has 0 aromatic carbocycles. The summed E-state index contributed by atoms with van der Waals surface area (Å²) in [6, 6.07) is 0. The van der Waals surface area contributed by atoms with Crippen LogP contribution in [-0.2, 0) is 9.53 Å². The molecule has 184 valence electrons. The van der Waals surface area contributed by atoms with Gasteiger partial charge in [0.2, 0.25) is 0 Å². The molecule has 2 unspecified atom stereocenters. The van der Waals surface area contributed by atoms with E-state index in [-0.39, 0.29) is 50.7 Å². The molecule has 1 saturated heterocycles. The fourth-order valence-electron chi connectivity index (χ4n) is 11.1. The zero-order valence-electron chi connectivity index (χ0n) is 22.1. The van der Waals surface area contributed by atoms with E-state index in [9.17, 15) is 9.90 Å². The second-order valence-electron chi connectivity index (χ2n) is 15.1. The third-order valence-corrected chi connectivity index (χ3v) is 13.6. The van der Waals surface area contributed by atoms with Gasteiger partial charge in [0, 0.05) is 11.8 Å². The molecule has 1 heterocycles. The zero-order chi connectivity index (χ0) is 23.8. The van der Waals surface area contributed by atoms with Crippen molar-refractivity contribution in [2.24, 2.45) is 50.2 Å². The highest BCUT2D eigenvalue weighted by molar-refractivity contribution is 5.79. The normalized spacial score (nSPS) is 58.8. The summed E-state index contributed by atoms with van der Waals surface area (Å²) < 4.78 is 6.03. The lowest BCUT2D eigenvalue weighted by Crippen LogP contribution is -2.65. The third-order valence-electron chi connectivity index (χ3n) is 13.6. The predicted molar refractivity (Wildman–Crippen MR) is 130 cm³/mol. The molecule has 5 fully saturated rings. The summed E-state index contributed by atoms with van der Waals surface area (Å²) >= 11 is 0. The van der Waals surface area contributed by atoms with E-state index in [0.717, 1.165) is 25.7 Å². The topological polar surface area (TPSA) is 46.5 Å². The number of hydrogen-bond donors (Lipinski definition) is 1. The van der Waals surface area contributed by atoms with E-state index in [4.69, 9.17) is 4.74 Å². The van der Waals surface area contributed by atoms with E-state index in [1.807, 2.05) is 0 Å². The Balaban J connectivity index is 1.43. The molecule has 6 aliphatic rings. The van der Waals surface area contributed by atoms with E-state index in [2.05, 4.69) is 54.5 Å². The van der Waals surface area contributed by atoms with Crippen molar-refractivity contribution in [3.05, 3.63) is 11.6 Å². The Hall–Kier alpha value is -0.830. The molecular formula is C30H46O3. The number of carbonyl (C=O) groups is 1. The van der Waals surface area contributed by atoms with Gasteiger partial charge in [0.1, 0.15) is 6.10 Å². The van der Waals surface area contributed by atoms with Gasteiger partial charge in [-0.05, 0) is 97.7 Å². The molecule has 0 radical (unpaired) electrons. The molecule has 0 aromatic heterocycles. The highest BCUT2D eigenvalue weighted by atomic mass is 16.6. The van der Waals surface area contributed by atoms with E-state index in [1.54, 1.807) is 5.57 Å². The van der Waals surface area contributed by atoms with Crippen molar-refractivity contribution in [2.45, 2.75) is 118 Å². The van der Waals surface area contributed by atoms with E-state index in [1.165, 1.54) is 32.1 Å². The van der Waals surface area contributed by atoms with Gasteiger partial charge in [0.05, 0.1) is 11.5 Å². The van der Waals surface area contributed by atoms with E-state index < -0.39 is 0 Å². The summed E-state index contributed by atoms with van der Waals surface area (Å²) in [5.74, 6) is 1.79. The van der Waals surface area contributed by atoms with Crippen LogP contribution in [0.2, 0.25) is 0 Å². The molecule has 1 aliphatic heterocycles. The van der Waals surface area contributed by atoms with Crippen LogP contribution >= 0.6 is 0 Å². The predicted octanol–water partition coefficient (Wildman–Crippen LogP) is 6.68. The maximum Gasteiger partial charge on any atom is 0.312 e. The van der Waals surface area contributed by atoms with Gasteiger partial charge in [0.15, 0.2) is 0 Å². The van der Waals surface area contributed by atoms with Crippen LogP contribution in [0.4, 0.5) is 0 Å². The first-order chi connectivity index (χ1) is 15.2. The molecule has 33 heavy (non-hydrogen) atoms. The number of aliphatic hydroxyl groups excluding tert-OH is 1. The number of fused-ring (bicyclic) bond motifs is 10. The zero-order valence-corrected chi connectivity index (χ0v) is 22.1. The van der Waals surface area contributed by atoms with Crippen LogP contribution in [0.5, 0.6) is 0 Å². The van der Waals surface area contributed by atoms with Crippen LogP contribution in [0.3, 0.4) is 0 Å². The Kier molecular flexibility index (Phi) is 4.31. The Labute approximate surface area is 201 Å². The first-order valence-electron chi connectivity index (χ1n) is 13.8. The van der Waals surface area contributed by atoms with Crippen molar-refractivity contribution in [1.29, 1.82) is 0 Å². The number of allylic oxidation sites excluding steroid dienone is 2. The number of ether oxygens (including phenoxy) is 1. The average Bonchev–Trinajstić information content (AvgIpc) is 3.00. The van der Waals surface area contributed by atoms with Crippen molar-refractivity contribution in [2.75, 3.05) is 0 Å². The number of hydrogen-bond acceptors (Lipinski definition) is 3. The fraction of sp³-hybridized carbons (Fsp3) is 0.900. The molecule has 6 rings (SSSR count). The Morgan fingerprint density at radius 3 is 2.33 bits per heavy atom. The maximum absolute atomic E-state index is 12.8. The fourth-order valence-corrected chi connectivity index (χ4v) is 11.1. The summed E-state index contributed by atoms with van der Waals surface area (Å²) in [6.45, 7) is 17.1. The van der Waals surface area contributed by atoms with Crippen LogP contribution in [0.1, 0.15) is 106 Å².